The topological polar surface area (TPSA) is 46.6 Å². The molecule has 2 saturated heterocycles. The van der Waals surface area contributed by atoms with E-state index in [1.165, 1.54) is 12.8 Å². The highest BCUT2D eigenvalue weighted by molar-refractivity contribution is 5.85. The molecule has 0 unspecified atom stereocenters. The minimum atomic E-state index is 0. The molecule has 1 atom stereocenters. The number of ether oxygens (including phenoxy) is 2. The molecule has 1 aromatic rings. The minimum absolute atomic E-state index is 0. The summed E-state index contributed by atoms with van der Waals surface area (Å²) in [7, 11) is 0. The van der Waals surface area contributed by atoms with Crippen LogP contribution in [-0.2, 0) is 4.74 Å². The summed E-state index contributed by atoms with van der Waals surface area (Å²) in [5.41, 5.74) is 1.13. The fraction of sp³-hybridized carbons (Fsp3) is 0.643. The van der Waals surface area contributed by atoms with Gasteiger partial charge >= 0.3 is 0 Å². The molecule has 1 N–H and O–H groups in total. The van der Waals surface area contributed by atoms with Gasteiger partial charge in [0.05, 0.1) is 31.3 Å². The van der Waals surface area contributed by atoms with Crippen LogP contribution in [0.25, 0.3) is 0 Å². The molecule has 0 aliphatic carbocycles. The van der Waals surface area contributed by atoms with Gasteiger partial charge in [-0.2, -0.15) is 0 Å². The predicted octanol–water partition coefficient (Wildman–Crippen LogP) is 1.47. The molecule has 3 heterocycles. The summed E-state index contributed by atoms with van der Waals surface area (Å²) in [5, 5.41) is 3.43. The Kier molecular flexibility index (Phi) is 5.88. The average Bonchev–Trinajstić information content (AvgIpc) is 3.00. The highest BCUT2D eigenvalue weighted by Gasteiger charge is 2.15. The Labute approximate surface area is 126 Å². The monoisotopic (exact) mass is 299 g/mol. The second-order valence-corrected chi connectivity index (χ2v) is 5.08. The van der Waals surface area contributed by atoms with Crippen LogP contribution in [0.15, 0.2) is 18.5 Å². The van der Waals surface area contributed by atoms with Crippen molar-refractivity contribution in [1.29, 1.82) is 0 Å². The van der Waals surface area contributed by atoms with Crippen molar-refractivity contribution < 1.29 is 9.47 Å². The fourth-order valence-corrected chi connectivity index (χ4v) is 2.58. The van der Waals surface area contributed by atoms with Crippen LogP contribution < -0.4 is 15.0 Å². The average molecular weight is 300 g/mol. The van der Waals surface area contributed by atoms with Gasteiger partial charge in [-0.05, 0) is 19.4 Å². The van der Waals surface area contributed by atoms with Gasteiger partial charge in [0.2, 0.25) is 0 Å². The highest BCUT2D eigenvalue weighted by Crippen LogP contribution is 2.21. The molecule has 20 heavy (non-hydrogen) atoms. The van der Waals surface area contributed by atoms with Crippen molar-refractivity contribution in [2.24, 2.45) is 0 Å². The second kappa shape index (κ2) is 7.67. The van der Waals surface area contributed by atoms with Gasteiger partial charge in [0.1, 0.15) is 12.4 Å². The summed E-state index contributed by atoms with van der Waals surface area (Å²) in [6, 6.07) is 2.57. The molecule has 0 aromatic carbocycles. The standard InChI is InChI=1S/C14H21N3O2.ClH/c1-2-12(16-3-1)11-19-14-8-13(9-15-10-14)17-4-6-18-7-5-17;/h8-10,12,16H,1-7,11H2;1H/t12-;/m0./s1. The number of aromatic nitrogens is 1. The Bertz CT molecular complexity index is 407. The SMILES string of the molecule is Cl.c1ncc(N2CCOCC2)cc1OC[C@@H]1CCCN1. The molecule has 112 valence electrons. The summed E-state index contributed by atoms with van der Waals surface area (Å²) < 4.78 is 11.2. The summed E-state index contributed by atoms with van der Waals surface area (Å²) in [6.07, 6.45) is 6.14. The van der Waals surface area contributed by atoms with E-state index < -0.39 is 0 Å². The summed E-state index contributed by atoms with van der Waals surface area (Å²) in [4.78, 5) is 6.57. The maximum absolute atomic E-state index is 5.84. The third kappa shape index (κ3) is 3.98. The van der Waals surface area contributed by atoms with Gasteiger partial charge in [0, 0.05) is 25.2 Å². The first kappa shape index (κ1) is 15.4. The predicted molar refractivity (Wildman–Crippen MR) is 81.0 cm³/mol. The van der Waals surface area contributed by atoms with Crippen LogP contribution in [0, 0.1) is 0 Å². The number of halogens is 1. The second-order valence-electron chi connectivity index (χ2n) is 5.08. The van der Waals surface area contributed by atoms with Gasteiger partial charge in [-0.1, -0.05) is 0 Å². The van der Waals surface area contributed by atoms with E-state index in [2.05, 4.69) is 21.3 Å². The van der Waals surface area contributed by atoms with E-state index in [0.29, 0.717) is 6.04 Å². The quantitative estimate of drug-likeness (QED) is 0.912. The molecular weight excluding hydrogens is 278 g/mol. The number of nitrogens with zero attached hydrogens (tertiary/aromatic N) is 2. The Morgan fingerprint density at radius 2 is 2.20 bits per heavy atom. The number of pyridine rings is 1. The van der Waals surface area contributed by atoms with E-state index in [4.69, 9.17) is 9.47 Å². The number of rotatable bonds is 4. The van der Waals surface area contributed by atoms with Crippen molar-refractivity contribution in [1.82, 2.24) is 10.3 Å². The fourth-order valence-electron chi connectivity index (χ4n) is 2.58. The molecule has 0 saturated carbocycles. The number of nitrogens with one attached hydrogen (secondary N) is 1. The largest absolute Gasteiger partial charge is 0.490 e. The van der Waals surface area contributed by atoms with Crippen molar-refractivity contribution in [3.05, 3.63) is 18.5 Å². The van der Waals surface area contributed by atoms with E-state index >= 15 is 0 Å². The zero-order valence-electron chi connectivity index (χ0n) is 11.6. The Morgan fingerprint density at radius 1 is 1.35 bits per heavy atom. The maximum Gasteiger partial charge on any atom is 0.139 e. The molecule has 0 spiro atoms. The highest BCUT2D eigenvalue weighted by atomic mass is 35.5. The van der Waals surface area contributed by atoms with Crippen LogP contribution in [0.4, 0.5) is 5.69 Å². The molecule has 3 rings (SSSR count). The van der Waals surface area contributed by atoms with E-state index in [0.717, 1.165) is 50.9 Å². The molecule has 2 fully saturated rings. The van der Waals surface area contributed by atoms with Gasteiger partial charge in [-0.15, -0.1) is 12.4 Å². The van der Waals surface area contributed by atoms with Crippen molar-refractivity contribution in [3.63, 3.8) is 0 Å². The van der Waals surface area contributed by atoms with E-state index in [1.54, 1.807) is 6.20 Å². The zero-order chi connectivity index (χ0) is 12.9. The van der Waals surface area contributed by atoms with Crippen LogP contribution in [0.3, 0.4) is 0 Å². The Hall–Kier alpha value is -1.04. The molecule has 0 amide bonds. The Morgan fingerprint density at radius 3 is 2.95 bits per heavy atom. The maximum atomic E-state index is 5.84. The number of hydrogen-bond donors (Lipinski definition) is 1. The lowest BCUT2D eigenvalue weighted by molar-refractivity contribution is 0.122. The third-order valence-electron chi connectivity index (χ3n) is 3.69. The third-order valence-corrected chi connectivity index (χ3v) is 3.69. The van der Waals surface area contributed by atoms with E-state index in [1.807, 2.05) is 6.20 Å². The Balaban J connectivity index is 0.00000147. The molecule has 5 nitrogen and oxygen atoms in total. The lowest BCUT2D eigenvalue weighted by atomic mass is 10.2. The normalized spacial score (nSPS) is 22.4. The van der Waals surface area contributed by atoms with E-state index in [9.17, 15) is 0 Å². The lowest BCUT2D eigenvalue weighted by Gasteiger charge is -2.28. The van der Waals surface area contributed by atoms with Crippen LogP contribution in [0.5, 0.6) is 5.75 Å². The first-order chi connectivity index (χ1) is 9.42. The van der Waals surface area contributed by atoms with Crippen molar-refractivity contribution in [2.45, 2.75) is 18.9 Å². The van der Waals surface area contributed by atoms with Crippen LogP contribution in [-0.4, -0.2) is 50.5 Å². The van der Waals surface area contributed by atoms with Gasteiger partial charge in [0.25, 0.3) is 0 Å². The summed E-state index contributed by atoms with van der Waals surface area (Å²) in [5.74, 6) is 0.859. The zero-order valence-corrected chi connectivity index (χ0v) is 12.4. The van der Waals surface area contributed by atoms with Crippen molar-refractivity contribution in [3.8, 4) is 5.75 Å². The van der Waals surface area contributed by atoms with E-state index in [-0.39, 0.29) is 12.4 Å². The summed E-state index contributed by atoms with van der Waals surface area (Å²) >= 11 is 0. The lowest BCUT2D eigenvalue weighted by Crippen LogP contribution is -2.36. The van der Waals surface area contributed by atoms with Crippen LogP contribution >= 0.6 is 12.4 Å². The van der Waals surface area contributed by atoms with Crippen molar-refractivity contribution in [2.75, 3.05) is 44.4 Å². The first-order valence-electron chi connectivity index (χ1n) is 7.06. The van der Waals surface area contributed by atoms with Gasteiger partial charge in [-0.3, -0.25) is 4.98 Å². The molecule has 1 aromatic heterocycles. The van der Waals surface area contributed by atoms with Crippen molar-refractivity contribution >= 4 is 18.1 Å². The number of morpholine rings is 1. The van der Waals surface area contributed by atoms with Crippen LogP contribution in [0.2, 0.25) is 0 Å². The van der Waals surface area contributed by atoms with Gasteiger partial charge in [-0.25, -0.2) is 0 Å². The van der Waals surface area contributed by atoms with Crippen LogP contribution in [0.1, 0.15) is 12.8 Å². The first-order valence-corrected chi connectivity index (χ1v) is 7.06. The molecule has 0 bridgehead atoms. The van der Waals surface area contributed by atoms with Gasteiger partial charge in [0.15, 0.2) is 0 Å². The molecule has 6 heteroatoms. The molecular formula is C14H22ClN3O2. The summed E-state index contributed by atoms with van der Waals surface area (Å²) in [6.45, 7) is 5.27. The van der Waals surface area contributed by atoms with Gasteiger partial charge < -0.3 is 19.7 Å². The smallest absolute Gasteiger partial charge is 0.139 e. The number of hydrogen-bond acceptors (Lipinski definition) is 5. The number of anilines is 1. The molecule has 2 aliphatic heterocycles. The molecule has 0 radical (unpaired) electrons. The minimum Gasteiger partial charge on any atom is -0.490 e. The molecule has 2 aliphatic rings.